The SMILES string of the molecule is CC1(C)OB(c2ccc3c(c2)C(F)(F)CCC3)OC1(C)C. The molecule has 0 amide bonds. The molecule has 1 saturated heterocycles. The van der Waals surface area contributed by atoms with Gasteiger partial charge in [-0.1, -0.05) is 18.2 Å². The minimum absolute atomic E-state index is 0.0766. The highest BCUT2D eigenvalue weighted by Crippen LogP contribution is 2.40. The summed E-state index contributed by atoms with van der Waals surface area (Å²) < 4.78 is 40.1. The molecule has 0 radical (unpaired) electrons. The highest BCUT2D eigenvalue weighted by atomic mass is 19.3. The number of aryl methyl sites for hydroxylation is 1. The van der Waals surface area contributed by atoms with Crippen LogP contribution in [0.15, 0.2) is 18.2 Å². The molecule has 3 rings (SSSR count). The number of fused-ring (bicyclic) bond motifs is 1. The molecular formula is C16H21BF2O2. The lowest BCUT2D eigenvalue weighted by molar-refractivity contribution is -0.0216. The molecule has 0 spiro atoms. The summed E-state index contributed by atoms with van der Waals surface area (Å²) in [4.78, 5) is 0. The summed E-state index contributed by atoms with van der Waals surface area (Å²) in [6.45, 7) is 7.83. The zero-order valence-corrected chi connectivity index (χ0v) is 13.0. The van der Waals surface area contributed by atoms with Crippen LogP contribution in [0.5, 0.6) is 0 Å². The Morgan fingerprint density at radius 2 is 1.67 bits per heavy atom. The summed E-state index contributed by atoms with van der Waals surface area (Å²) in [5.74, 6) is -2.74. The zero-order chi connectivity index (χ0) is 15.5. The third-order valence-electron chi connectivity index (χ3n) is 4.99. The predicted molar refractivity (Wildman–Crippen MR) is 79.0 cm³/mol. The van der Waals surface area contributed by atoms with E-state index < -0.39 is 24.2 Å². The van der Waals surface area contributed by atoms with E-state index in [2.05, 4.69) is 0 Å². The second-order valence-electron chi connectivity index (χ2n) is 7.06. The first kappa shape index (κ1) is 15.0. The fourth-order valence-corrected chi connectivity index (χ4v) is 2.91. The molecular weight excluding hydrogens is 273 g/mol. The molecule has 0 N–H and O–H groups in total. The second-order valence-corrected chi connectivity index (χ2v) is 7.06. The minimum atomic E-state index is -2.74. The Balaban J connectivity index is 1.95. The van der Waals surface area contributed by atoms with E-state index in [1.165, 1.54) is 0 Å². The molecule has 0 atom stereocenters. The normalized spacial score (nSPS) is 25.7. The van der Waals surface area contributed by atoms with Crippen LogP contribution < -0.4 is 5.46 Å². The van der Waals surface area contributed by atoms with Crippen LogP contribution in [-0.2, 0) is 21.7 Å². The van der Waals surface area contributed by atoms with Crippen molar-refractivity contribution in [3.63, 3.8) is 0 Å². The van der Waals surface area contributed by atoms with Crippen molar-refractivity contribution < 1.29 is 18.1 Å². The fraction of sp³-hybridized carbons (Fsp3) is 0.625. The maximum Gasteiger partial charge on any atom is 0.494 e. The van der Waals surface area contributed by atoms with E-state index in [1.54, 1.807) is 12.1 Å². The van der Waals surface area contributed by atoms with Gasteiger partial charge in [0.25, 0.3) is 5.92 Å². The van der Waals surface area contributed by atoms with Gasteiger partial charge in [-0.15, -0.1) is 0 Å². The lowest BCUT2D eigenvalue weighted by Gasteiger charge is -2.32. The molecule has 1 aromatic carbocycles. The molecule has 1 aromatic rings. The molecule has 2 aliphatic rings. The molecule has 1 fully saturated rings. The van der Waals surface area contributed by atoms with Gasteiger partial charge in [-0.25, -0.2) is 8.78 Å². The molecule has 0 bridgehead atoms. The molecule has 5 heteroatoms. The summed E-state index contributed by atoms with van der Waals surface area (Å²) in [6.07, 6.45) is 1.18. The van der Waals surface area contributed by atoms with Gasteiger partial charge in [0.15, 0.2) is 0 Å². The maximum absolute atomic E-state index is 14.1. The molecule has 1 heterocycles. The van der Waals surface area contributed by atoms with Crippen molar-refractivity contribution in [2.75, 3.05) is 0 Å². The molecule has 0 saturated carbocycles. The van der Waals surface area contributed by atoms with Crippen LogP contribution >= 0.6 is 0 Å². The Bertz CT molecular complexity index is 553. The van der Waals surface area contributed by atoms with Crippen molar-refractivity contribution >= 4 is 12.6 Å². The number of hydrogen-bond acceptors (Lipinski definition) is 2. The van der Waals surface area contributed by atoms with Crippen molar-refractivity contribution in [2.45, 2.75) is 64.1 Å². The van der Waals surface area contributed by atoms with E-state index in [0.717, 1.165) is 5.56 Å². The minimum Gasteiger partial charge on any atom is -0.399 e. The van der Waals surface area contributed by atoms with Crippen molar-refractivity contribution in [2.24, 2.45) is 0 Å². The molecule has 0 unspecified atom stereocenters. The Morgan fingerprint density at radius 3 is 2.29 bits per heavy atom. The van der Waals surface area contributed by atoms with Gasteiger partial charge < -0.3 is 9.31 Å². The quantitative estimate of drug-likeness (QED) is 0.739. The summed E-state index contributed by atoms with van der Waals surface area (Å²) >= 11 is 0. The number of rotatable bonds is 1. The van der Waals surface area contributed by atoms with Crippen LogP contribution in [0.3, 0.4) is 0 Å². The van der Waals surface area contributed by atoms with Crippen LogP contribution in [0.4, 0.5) is 8.78 Å². The van der Waals surface area contributed by atoms with Gasteiger partial charge in [0.2, 0.25) is 0 Å². The lowest BCUT2D eigenvalue weighted by Crippen LogP contribution is -2.41. The van der Waals surface area contributed by atoms with Crippen molar-refractivity contribution in [3.8, 4) is 0 Å². The highest BCUT2D eigenvalue weighted by Gasteiger charge is 2.52. The molecule has 1 aliphatic carbocycles. The van der Waals surface area contributed by atoms with Gasteiger partial charge in [-0.3, -0.25) is 0 Å². The number of alkyl halides is 2. The van der Waals surface area contributed by atoms with E-state index in [4.69, 9.17) is 9.31 Å². The van der Waals surface area contributed by atoms with Crippen molar-refractivity contribution in [1.29, 1.82) is 0 Å². The number of benzene rings is 1. The van der Waals surface area contributed by atoms with E-state index >= 15 is 0 Å². The summed E-state index contributed by atoms with van der Waals surface area (Å²) in [6, 6.07) is 5.21. The Kier molecular flexibility index (Phi) is 3.23. The largest absolute Gasteiger partial charge is 0.494 e. The van der Waals surface area contributed by atoms with Crippen LogP contribution in [0, 0.1) is 0 Å². The van der Waals surface area contributed by atoms with Crippen molar-refractivity contribution in [3.05, 3.63) is 29.3 Å². The number of hydrogen-bond donors (Lipinski definition) is 0. The first-order valence-corrected chi connectivity index (χ1v) is 7.49. The molecule has 1 aliphatic heterocycles. The first-order valence-electron chi connectivity index (χ1n) is 7.49. The van der Waals surface area contributed by atoms with Gasteiger partial charge in [-0.2, -0.15) is 0 Å². The number of halogens is 2. The first-order chi connectivity index (χ1) is 9.62. The summed E-state index contributed by atoms with van der Waals surface area (Å²) in [5, 5.41) is 0. The molecule has 0 aromatic heterocycles. The smallest absolute Gasteiger partial charge is 0.399 e. The van der Waals surface area contributed by atoms with E-state index in [-0.39, 0.29) is 12.0 Å². The van der Waals surface area contributed by atoms with E-state index in [1.807, 2.05) is 33.8 Å². The van der Waals surface area contributed by atoms with Crippen LogP contribution in [0.1, 0.15) is 51.7 Å². The molecule has 21 heavy (non-hydrogen) atoms. The third kappa shape index (κ3) is 2.40. The van der Waals surface area contributed by atoms with Crippen LogP contribution in [0.25, 0.3) is 0 Å². The van der Waals surface area contributed by atoms with E-state index in [9.17, 15) is 8.78 Å². The Hall–Kier alpha value is -0.935. The van der Waals surface area contributed by atoms with Gasteiger partial charge in [-0.05, 0) is 51.6 Å². The second kappa shape index (κ2) is 4.53. The standard InChI is InChI=1S/C16H21BF2O2/c1-14(2)15(3,4)21-17(20-14)12-8-7-11-6-5-9-16(18,19)13(11)10-12/h7-8,10H,5-6,9H2,1-4H3. The topological polar surface area (TPSA) is 18.5 Å². The average Bonchev–Trinajstić information content (AvgIpc) is 2.58. The predicted octanol–water partition coefficient (Wildman–Crippen LogP) is 3.41. The molecule has 2 nitrogen and oxygen atoms in total. The van der Waals surface area contributed by atoms with E-state index in [0.29, 0.717) is 18.3 Å². The fourth-order valence-electron chi connectivity index (χ4n) is 2.91. The lowest BCUT2D eigenvalue weighted by atomic mass is 9.75. The molecule has 114 valence electrons. The van der Waals surface area contributed by atoms with Gasteiger partial charge in [0.05, 0.1) is 11.2 Å². The Labute approximate surface area is 125 Å². The van der Waals surface area contributed by atoms with Crippen molar-refractivity contribution in [1.82, 2.24) is 0 Å². The highest BCUT2D eigenvalue weighted by molar-refractivity contribution is 6.62. The third-order valence-corrected chi connectivity index (χ3v) is 4.99. The van der Waals surface area contributed by atoms with Crippen LogP contribution in [-0.4, -0.2) is 18.3 Å². The summed E-state index contributed by atoms with van der Waals surface area (Å²) in [7, 11) is -0.585. The average molecular weight is 294 g/mol. The maximum atomic E-state index is 14.1. The van der Waals surface area contributed by atoms with Crippen LogP contribution in [0.2, 0.25) is 0 Å². The van der Waals surface area contributed by atoms with Gasteiger partial charge in [0, 0.05) is 12.0 Å². The Morgan fingerprint density at radius 1 is 1.05 bits per heavy atom. The van der Waals surface area contributed by atoms with Gasteiger partial charge in [0.1, 0.15) is 0 Å². The zero-order valence-electron chi connectivity index (χ0n) is 13.0. The summed E-state index contributed by atoms with van der Waals surface area (Å²) in [5.41, 5.74) is 0.632. The van der Waals surface area contributed by atoms with Gasteiger partial charge >= 0.3 is 7.12 Å². The monoisotopic (exact) mass is 294 g/mol.